The van der Waals surface area contributed by atoms with Crippen molar-refractivity contribution in [3.05, 3.63) is 29.8 Å². The molecule has 2 rings (SSSR count). The van der Waals surface area contributed by atoms with Crippen molar-refractivity contribution in [1.82, 2.24) is 0 Å². The van der Waals surface area contributed by atoms with Crippen molar-refractivity contribution in [2.45, 2.75) is 6.54 Å². The number of thioether (sulfide) groups is 1. The second kappa shape index (κ2) is 5.89. The van der Waals surface area contributed by atoms with Crippen LogP contribution in [0.3, 0.4) is 0 Å². The fourth-order valence-electron chi connectivity index (χ4n) is 0.854. The molecule has 0 spiro atoms. The zero-order valence-electron chi connectivity index (χ0n) is 7.92. The minimum atomic E-state index is 0.607. The zero-order chi connectivity index (χ0) is 9.52. The highest BCUT2D eigenvalue weighted by Crippen LogP contribution is 2.14. The van der Waals surface area contributed by atoms with Crippen LogP contribution in [0, 0.1) is 0 Å². The predicted molar refractivity (Wildman–Crippen MR) is 61.2 cm³/mol. The minimum absolute atomic E-state index is 0.607. The van der Waals surface area contributed by atoms with Gasteiger partial charge in [-0.15, -0.1) is 0 Å². The number of hydrogen-bond donors (Lipinski definition) is 2. The summed E-state index contributed by atoms with van der Waals surface area (Å²) in [5.41, 5.74) is 7.72. The van der Waals surface area contributed by atoms with Gasteiger partial charge in [-0.05, 0) is 17.7 Å². The van der Waals surface area contributed by atoms with Gasteiger partial charge in [-0.2, -0.15) is 11.8 Å². The number of anilines is 1. The summed E-state index contributed by atoms with van der Waals surface area (Å²) in [6.45, 7) is 0.607. The molecule has 1 aromatic rings. The van der Waals surface area contributed by atoms with Gasteiger partial charge in [0, 0.05) is 30.8 Å². The Morgan fingerprint density at radius 2 is 2.15 bits per heavy atom. The predicted octanol–water partition coefficient (Wildman–Crippen LogP) is 1.92. The molecule has 2 nitrogen and oxygen atoms in total. The number of nitrogens with two attached hydrogens (primary N) is 1. The molecule has 1 heterocycles. The molecule has 0 aromatic heterocycles. The van der Waals surface area contributed by atoms with Crippen molar-refractivity contribution in [2.24, 2.45) is 5.73 Å². The smallest absolute Gasteiger partial charge is 0.0340 e. The van der Waals surface area contributed by atoms with Crippen LogP contribution in [0.15, 0.2) is 24.3 Å². The van der Waals surface area contributed by atoms with Crippen molar-refractivity contribution < 1.29 is 0 Å². The second-order valence-electron chi connectivity index (χ2n) is 2.77. The summed E-state index contributed by atoms with van der Waals surface area (Å²) < 4.78 is 0. The molecular weight excluding hydrogens is 180 g/mol. The molecule has 1 aromatic carbocycles. The molecule has 72 valence electrons. The Labute approximate surface area is 83.9 Å². The maximum absolute atomic E-state index is 5.45. The number of benzene rings is 1. The molecule has 0 saturated carbocycles. The van der Waals surface area contributed by atoms with Crippen LogP contribution in [-0.2, 0) is 6.54 Å². The van der Waals surface area contributed by atoms with Crippen LogP contribution >= 0.6 is 11.8 Å². The zero-order valence-corrected chi connectivity index (χ0v) is 8.73. The molecule has 0 unspecified atom stereocenters. The van der Waals surface area contributed by atoms with E-state index in [0.29, 0.717) is 6.54 Å². The van der Waals surface area contributed by atoms with E-state index in [4.69, 9.17) is 5.73 Å². The topological polar surface area (TPSA) is 38.0 Å². The van der Waals surface area contributed by atoms with Gasteiger partial charge in [-0.25, -0.2) is 0 Å². The van der Waals surface area contributed by atoms with Crippen molar-refractivity contribution in [1.29, 1.82) is 0 Å². The maximum atomic E-state index is 5.45. The van der Waals surface area contributed by atoms with Gasteiger partial charge in [0.1, 0.15) is 0 Å². The molecular formula is C10H16N2S. The van der Waals surface area contributed by atoms with E-state index < -0.39 is 0 Å². The molecule has 0 atom stereocenters. The molecule has 0 aliphatic carbocycles. The summed E-state index contributed by atoms with van der Waals surface area (Å²) in [6, 6.07) is 8.06. The third kappa shape index (κ3) is 4.80. The first-order valence-corrected chi connectivity index (χ1v) is 5.57. The van der Waals surface area contributed by atoms with E-state index in [1.807, 2.05) is 43.1 Å². The Balaban J connectivity index is 0.000000236. The van der Waals surface area contributed by atoms with Gasteiger partial charge in [0.05, 0.1) is 0 Å². The Hall–Kier alpha value is -0.670. The van der Waals surface area contributed by atoms with E-state index in [1.165, 1.54) is 11.5 Å². The molecule has 1 saturated heterocycles. The van der Waals surface area contributed by atoms with E-state index in [0.717, 1.165) is 11.3 Å². The maximum Gasteiger partial charge on any atom is 0.0340 e. The largest absolute Gasteiger partial charge is 0.388 e. The lowest BCUT2D eigenvalue weighted by molar-refractivity contribution is 1.07. The highest BCUT2D eigenvalue weighted by Gasteiger charge is 1.95. The molecule has 3 heteroatoms. The standard InChI is InChI=1S/C8H12N2.C2H4S/c1-10-8-4-2-3-7(5-8)6-9;1-2-3-1/h2-5,10H,6,9H2,1H3;1-2H2. The summed E-state index contributed by atoms with van der Waals surface area (Å²) in [4.78, 5) is 0. The van der Waals surface area contributed by atoms with E-state index in [2.05, 4.69) is 5.32 Å². The average Bonchev–Trinajstić information content (AvgIpc) is 3.05. The van der Waals surface area contributed by atoms with Crippen LogP contribution in [0.2, 0.25) is 0 Å². The Morgan fingerprint density at radius 1 is 1.46 bits per heavy atom. The van der Waals surface area contributed by atoms with Gasteiger partial charge in [0.2, 0.25) is 0 Å². The Kier molecular flexibility index (Phi) is 4.72. The van der Waals surface area contributed by atoms with E-state index in [9.17, 15) is 0 Å². The second-order valence-corrected chi connectivity index (χ2v) is 3.99. The van der Waals surface area contributed by atoms with Crippen LogP contribution < -0.4 is 11.1 Å². The van der Waals surface area contributed by atoms with Crippen LogP contribution in [-0.4, -0.2) is 18.6 Å². The van der Waals surface area contributed by atoms with Gasteiger partial charge in [0.15, 0.2) is 0 Å². The molecule has 13 heavy (non-hydrogen) atoms. The van der Waals surface area contributed by atoms with Gasteiger partial charge in [-0.3, -0.25) is 0 Å². The van der Waals surface area contributed by atoms with E-state index >= 15 is 0 Å². The molecule has 0 amide bonds. The molecule has 0 bridgehead atoms. The number of rotatable bonds is 2. The first-order chi connectivity index (χ1) is 6.36. The third-order valence-corrected chi connectivity index (χ3v) is 2.06. The fourth-order valence-corrected chi connectivity index (χ4v) is 0.854. The quantitative estimate of drug-likeness (QED) is 0.710. The number of hydrogen-bond acceptors (Lipinski definition) is 3. The highest BCUT2D eigenvalue weighted by molar-refractivity contribution is 8.06. The summed E-state index contributed by atoms with van der Waals surface area (Å²) in [7, 11) is 1.90. The highest BCUT2D eigenvalue weighted by atomic mass is 32.2. The van der Waals surface area contributed by atoms with Gasteiger partial charge in [0.25, 0.3) is 0 Å². The van der Waals surface area contributed by atoms with Crippen LogP contribution in [0.4, 0.5) is 5.69 Å². The van der Waals surface area contributed by atoms with Crippen molar-refractivity contribution >= 4 is 17.4 Å². The van der Waals surface area contributed by atoms with Gasteiger partial charge >= 0.3 is 0 Å². The minimum Gasteiger partial charge on any atom is -0.388 e. The third-order valence-electron chi connectivity index (χ3n) is 1.66. The number of nitrogens with one attached hydrogen (secondary N) is 1. The summed E-state index contributed by atoms with van der Waals surface area (Å²) in [6.07, 6.45) is 0. The lowest BCUT2D eigenvalue weighted by atomic mass is 10.2. The first kappa shape index (κ1) is 10.4. The summed E-state index contributed by atoms with van der Waals surface area (Å²) in [5, 5.41) is 3.05. The SMILES string of the molecule is C1CS1.CNc1cccc(CN)c1. The Morgan fingerprint density at radius 3 is 2.62 bits per heavy atom. The van der Waals surface area contributed by atoms with Crippen molar-refractivity contribution in [3.63, 3.8) is 0 Å². The molecule has 1 aliphatic rings. The average molecular weight is 196 g/mol. The van der Waals surface area contributed by atoms with Gasteiger partial charge < -0.3 is 11.1 Å². The molecule has 1 fully saturated rings. The van der Waals surface area contributed by atoms with Crippen molar-refractivity contribution in [3.8, 4) is 0 Å². The van der Waals surface area contributed by atoms with Crippen LogP contribution in [0.1, 0.15) is 5.56 Å². The molecule has 0 radical (unpaired) electrons. The first-order valence-electron chi connectivity index (χ1n) is 4.41. The van der Waals surface area contributed by atoms with E-state index in [1.54, 1.807) is 0 Å². The van der Waals surface area contributed by atoms with Crippen LogP contribution in [0.5, 0.6) is 0 Å². The monoisotopic (exact) mass is 196 g/mol. The van der Waals surface area contributed by atoms with Crippen molar-refractivity contribution in [2.75, 3.05) is 23.9 Å². The summed E-state index contributed by atoms with van der Waals surface area (Å²) >= 11 is 2.00. The van der Waals surface area contributed by atoms with Gasteiger partial charge in [-0.1, -0.05) is 12.1 Å². The Bertz CT molecular complexity index is 226. The molecule has 1 aliphatic heterocycles. The van der Waals surface area contributed by atoms with Crippen LogP contribution in [0.25, 0.3) is 0 Å². The van der Waals surface area contributed by atoms with E-state index in [-0.39, 0.29) is 0 Å². The lowest BCUT2D eigenvalue weighted by Gasteiger charge is -2.00. The summed E-state index contributed by atoms with van der Waals surface area (Å²) in [5.74, 6) is 2.83. The normalized spacial score (nSPS) is 12.8. The fraction of sp³-hybridized carbons (Fsp3) is 0.400. The molecule has 3 N–H and O–H groups in total. The lowest BCUT2D eigenvalue weighted by Crippen LogP contribution is -1.96.